The number of fused-ring (bicyclic) bond motifs is 2. The maximum atomic E-state index is 14.7. The SMILES string of the molecule is COC(=O)CC1[C@H]2CN(c3nc(N4CC[C@@H]4C)nc4c3CCCC4(F)F)C[C@@H]12. The van der Waals surface area contributed by atoms with Gasteiger partial charge in [0.1, 0.15) is 11.5 Å². The molecule has 8 heteroatoms. The van der Waals surface area contributed by atoms with Gasteiger partial charge in [-0.2, -0.15) is 13.8 Å². The van der Waals surface area contributed by atoms with Crippen LogP contribution >= 0.6 is 0 Å². The Hall–Kier alpha value is -1.99. The van der Waals surface area contributed by atoms with Gasteiger partial charge in [-0.1, -0.05) is 0 Å². The highest BCUT2D eigenvalue weighted by Crippen LogP contribution is 2.55. The molecule has 1 aromatic rings. The number of ether oxygens (including phenoxy) is 1. The number of nitrogens with zero attached hydrogens (tertiary/aromatic N) is 4. The minimum Gasteiger partial charge on any atom is -0.469 e. The van der Waals surface area contributed by atoms with Crippen LogP contribution in [0.3, 0.4) is 0 Å². The number of anilines is 2. The molecule has 28 heavy (non-hydrogen) atoms. The van der Waals surface area contributed by atoms with E-state index in [2.05, 4.69) is 16.8 Å². The lowest BCUT2D eigenvalue weighted by molar-refractivity contribution is -0.141. The normalized spacial score (nSPS) is 32.4. The van der Waals surface area contributed by atoms with Gasteiger partial charge < -0.3 is 14.5 Å². The number of aromatic nitrogens is 2. The van der Waals surface area contributed by atoms with Crippen molar-refractivity contribution in [2.75, 3.05) is 36.5 Å². The van der Waals surface area contributed by atoms with Gasteiger partial charge in [0.15, 0.2) is 0 Å². The lowest BCUT2D eigenvalue weighted by atomic mass is 9.92. The van der Waals surface area contributed by atoms with Gasteiger partial charge in [0, 0.05) is 44.1 Å². The zero-order valence-corrected chi connectivity index (χ0v) is 16.3. The molecule has 1 saturated carbocycles. The summed E-state index contributed by atoms with van der Waals surface area (Å²) in [4.78, 5) is 24.8. The second-order valence-electron chi connectivity index (χ2n) is 8.74. The van der Waals surface area contributed by atoms with Crippen molar-refractivity contribution in [3.63, 3.8) is 0 Å². The van der Waals surface area contributed by atoms with E-state index < -0.39 is 5.92 Å². The van der Waals surface area contributed by atoms with Crippen LogP contribution in [0, 0.1) is 17.8 Å². The number of carbonyl (C=O) groups excluding carboxylic acids is 1. The standard InChI is InChI=1S/C20H26F2N4O2/c1-11-5-7-26(11)19-23-17-12(4-3-6-20(17,21)22)18(24-19)25-9-14-13(15(14)10-25)8-16(27)28-2/h11,13-15H,3-10H2,1-2H3/t11-,13?,14-,15+/m0/s1. The number of halogens is 2. The molecule has 1 unspecified atom stereocenters. The smallest absolute Gasteiger partial charge is 0.305 e. The highest BCUT2D eigenvalue weighted by Gasteiger charge is 2.57. The molecule has 6 nitrogen and oxygen atoms in total. The average molecular weight is 392 g/mol. The molecule has 0 aromatic carbocycles. The predicted molar refractivity (Wildman–Crippen MR) is 99.6 cm³/mol. The van der Waals surface area contributed by atoms with Crippen LogP contribution in [0.1, 0.15) is 43.9 Å². The van der Waals surface area contributed by atoms with E-state index in [0.717, 1.165) is 26.1 Å². The largest absolute Gasteiger partial charge is 0.469 e. The number of piperidine rings is 1. The Kier molecular flexibility index (Phi) is 4.04. The van der Waals surface area contributed by atoms with Crippen molar-refractivity contribution >= 4 is 17.7 Å². The maximum Gasteiger partial charge on any atom is 0.305 e. The molecule has 2 saturated heterocycles. The molecule has 2 aliphatic carbocycles. The second kappa shape index (κ2) is 6.26. The predicted octanol–water partition coefficient (Wildman–Crippen LogP) is 2.75. The van der Waals surface area contributed by atoms with Gasteiger partial charge in [0.05, 0.1) is 7.11 Å². The average Bonchev–Trinajstić information content (AvgIpc) is 3.09. The number of hydrogen-bond donors (Lipinski definition) is 0. The molecule has 152 valence electrons. The van der Waals surface area contributed by atoms with Gasteiger partial charge in [-0.05, 0) is 43.9 Å². The summed E-state index contributed by atoms with van der Waals surface area (Å²) in [5.74, 6) is -0.690. The van der Waals surface area contributed by atoms with Crippen molar-refractivity contribution in [3.05, 3.63) is 11.3 Å². The second-order valence-corrected chi connectivity index (χ2v) is 8.74. The Morgan fingerprint density at radius 2 is 2.04 bits per heavy atom. The zero-order chi connectivity index (χ0) is 19.6. The van der Waals surface area contributed by atoms with Crippen molar-refractivity contribution in [3.8, 4) is 0 Å². The van der Waals surface area contributed by atoms with Crippen molar-refractivity contribution in [1.29, 1.82) is 0 Å². The molecule has 0 N–H and O–H groups in total. The van der Waals surface area contributed by atoms with Crippen molar-refractivity contribution < 1.29 is 18.3 Å². The summed E-state index contributed by atoms with van der Waals surface area (Å²) in [6, 6.07) is 0.291. The number of esters is 1. The molecule has 3 fully saturated rings. The summed E-state index contributed by atoms with van der Waals surface area (Å²) in [6.07, 6.45) is 2.41. The number of hydrogen-bond acceptors (Lipinski definition) is 6. The molecule has 3 heterocycles. The lowest BCUT2D eigenvalue weighted by Crippen LogP contribution is -2.47. The summed E-state index contributed by atoms with van der Waals surface area (Å²) in [7, 11) is 1.42. The Morgan fingerprint density at radius 3 is 2.64 bits per heavy atom. The Labute approximate surface area is 163 Å². The molecular formula is C20H26F2N4O2. The molecular weight excluding hydrogens is 366 g/mol. The van der Waals surface area contributed by atoms with E-state index in [-0.39, 0.29) is 18.1 Å². The van der Waals surface area contributed by atoms with E-state index in [1.807, 2.05) is 4.90 Å². The fourth-order valence-corrected chi connectivity index (χ4v) is 5.20. The van der Waals surface area contributed by atoms with Gasteiger partial charge in [0.25, 0.3) is 5.92 Å². The third-order valence-electron chi connectivity index (χ3n) is 7.12. The fraction of sp³-hybridized carbons (Fsp3) is 0.750. The van der Waals surface area contributed by atoms with Crippen LogP contribution in [0.25, 0.3) is 0 Å². The summed E-state index contributed by atoms with van der Waals surface area (Å²) in [5, 5.41) is 0. The first-order valence-corrected chi connectivity index (χ1v) is 10.3. The zero-order valence-electron chi connectivity index (χ0n) is 16.3. The first-order chi connectivity index (χ1) is 13.4. The number of methoxy groups -OCH3 is 1. The van der Waals surface area contributed by atoms with E-state index in [0.29, 0.717) is 60.4 Å². The van der Waals surface area contributed by atoms with Crippen molar-refractivity contribution in [2.45, 2.75) is 51.0 Å². The summed E-state index contributed by atoms with van der Waals surface area (Å²) in [6.45, 7) is 4.44. The molecule has 0 bridgehead atoms. The molecule has 4 atom stereocenters. The summed E-state index contributed by atoms with van der Waals surface area (Å²) in [5.41, 5.74) is 0.559. The Bertz CT molecular complexity index is 806. The molecule has 0 amide bonds. The van der Waals surface area contributed by atoms with Crippen LogP contribution in [0.2, 0.25) is 0 Å². The van der Waals surface area contributed by atoms with Gasteiger partial charge in [-0.25, -0.2) is 4.98 Å². The van der Waals surface area contributed by atoms with Gasteiger partial charge in [0.2, 0.25) is 5.95 Å². The van der Waals surface area contributed by atoms with Crippen LogP contribution in [-0.4, -0.2) is 48.7 Å². The first-order valence-electron chi connectivity index (χ1n) is 10.3. The monoisotopic (exact) mass is 392 g/mol. The highest BCUT2D eigenvalue weighted by atomic mass is 19.3. The highest BCUT2D eigenvalue weighted by molar-refractivity contribution is 5.70. The number of carbonyl (C=O) groups is 1. The van der Waals surface area contributed by atoms with E-state index in [1.165, 1.54) is 7.11 Å². The van der Waals surface area contributed by atoms with Gasteiger partial charge >= 0.3 is 5.97 Å². The quantitative estimate of drug-likeness (QED) is 0.735. The summed E-state index contributed by atoms with van der Waals surface area (Å²) >= 11 is 0. The van der Waals surface area contributed by atoms with Crippen molar-refractivity contribution in [2.24, 2.45) is 17.8 Å². The third-order valence-corrected chi connectivity index (χ3v) is 7.12. The molecule has 0 radical (unpaired) electrons. The van der Waals surface area contributed by atoms with Crippen LogP contribution in [-0.2, 0) is 21.9 Å². The lowest BCUT2D eigenvalue weighted by Gasteiger charge is -2.40. The molecule has 0 spiro atoms. The van der Waals surface area contributed by atoms with E-state index in [9.17, 15) is 13.6 Å². The topological polar surface area (TPSA) is 58.6 Å². The van der Waals surface area contributed by atoms with E-state index in [1.54, 1.807) is 0 Å². The summed E-state index contributed by atoms with van der Waals surface area (Å²) < 4.78 is 34.1. The van der Waals surface area contributed by atoms with Crippen molar-refractivity contribution in [1.82, 2.24) is 9.97 Å². The van der Waals surface area contributed by atoms with Gasteiger partial charge in [-0.3, -0.25) is 4.79 Å². The van der Waals surface area contributed by atoms with Crippen LogP contribution in [0.15, 0.2) is 0 Å². The van der Waals surface area contributed by atoms with E-state index >= 15 is 0 Å². The first kappa shape index (κ1) is 18.1. The Balaban J connectivity index is 1.44. The van der Waals surface area contributed by atoms with E-state index in [4.69, 9.17) is 9.72 Å². The molecule has 4 aliphatic rings. The van der Waals surface area contributed by atoms with Crippen LogP contribution in [0.5, 0.6) is 0 Å². The molecule has 2 aliphatic heterocycles. The van der Waals surface area contributed by atoms with Gasteiger partial charge in [-0.15, -0.1) is 0 Å². The molecule has 5 rings (SSSR count). The minimum atomic E-state index is -2.88. The number of rotatable bonds is 4. The van der Waals surface area contributed by atoms with Crippen LogP contribution < -0.4 is 9.80 Å². The third kappa shape index (κ3) is 2.75. The minimum absolute atomic E-state index is 0.0652. The molecule has 1 aromatic heterocycles. The fourth-order valence-electron chi connectivity index (χ4n) is 5.20. The number of alkyl halides is 2. The van der Waals surface area contributed by atoms with Crippen LogP contribution in [0.4, 0.5) is 20.5 Å². The maximum absolute atomic E-state index is 14.7. The Morgan fingerprint density at radius 1 is 1.29 bits per heavy atom.